The maximum atomic E-state index is 12.8. The number of aromatic nitrogens is 2. The van der Waals surface area contributed by atoms with Gasteiger partial charge in [-0.2, -0.15) is 9.40 Å². The number of ether oxygens (including phenoxy) is 1. The Labute approximate surface area is 154 Å². The van der Waals surface area contributed by atoms with E-state index in [2.05, 4.69) is 5.10 Å². The van der Waals surface area contributed by atoms with Crippen LogP contribution < -0.4 is 4.74 Å². The Morgan fingerprint density at radius 1 is 1.15 bits per heavy atom. The summed E-state index contributed by atoms with van der Waals surface area (Å²) in [7, 11) is -2.10. The highest BCUT2D eigenvalue weighted by Gasteiger charge is 2.30. The van der Waals surface area contributed by atoms with Crippen LogP contribution in [-0.2, 0) is 16.4 Å². The van der Waals surface area contributed by atoms with E-state index < -0.39 is 10.0 Å². The van der Waals surface area contributed by atoms with E-state index in [1.165, 1.54) is 8.99 Å². The van der Waals surface area contributed by atoms with Crippen molar-refractivity contribution in [2.45, 2.75) is 39.0 Å². The van der Waals surface area contributed by atoms with Crippen LogP contribution in [0, 0.1) is 13.8 Å². The van der Waals surface area contributed by atoms with Gasteiger partial charge >= 0.3 is 0 Å². The molecule has 1 aromatic heterocycles. The lowest BCUT2D eigenvalue weighted by molar-refractivity contribution is 0.0895. The first-order valence-electron chi connectivity index (χ1n) is 8.48. The maximum absolute atomic E-state index is 12.8. The summed E-state index contributed by atoms with van der Waals surface area (Å²) in [5.41, 5.74) is 1.47. The van der Waals surface area contributed by atoms with Crippen LogP contribution in [0.5, 0.6) is 5.75 Å². The van der Waals surface area contributed by atoms with Crippen molar-refractivity contribution in [1.29, 1.82) is 0 Å². The number of rotatable bonds is 7. The molecule has 0 saturated heterocycles. The Kier molecular flexibility index (Phi) is 6.20. The number of nitrogens with zero attached hydrogens (tertiary/aromatic N) is 3. The van der Waals surface area contributed by atoms with Crippen molar-refractivity contribution in [2.75, 3.05) is 20.2 Å². The minimum atomic E-state index is -3.68. The zero-order chi connectivity index (χ0) is 19.5. The van der Waals surface area contributed by atoms with Gasteiger partial charge in [-0.1, -0.05) is 26.0 Å². The van der Waals surface area contributed by atoms with Crippen molar-refractivity contribution in [3.8, 4) is 5.75 Å². The fraction of sp³-hybridized carbons (Fsp3) is 0.444. The first-order chi connectivity index (χ1) is 12.3. The zero-order valence-corrected chi connectivity index (χ0v) is 16.6. The van der Waals surface area contributed by atoms with Crippen molar-refractivity contribution in [1.82, 2.24) is 14.1 Å². The van der Waals surface area contributed by atoms with Crippen LogP contribution in [0.15, 0.2) is 29.2 Å². The summed E-state index contributed by atoms with van der Waals surface area (Å²) in [6.07, 6.45) is 0.122. The number of hydrogen-bond acceptors (Lipinski definition) is 5. The molecule has 0 radical (unpaired) electrons. The predicted octanol–water partition coefficient (Wildman–Crippen LogP) is 2.42. The van der Waals surface area contributed by atoms with E-state index in [4.69, 9.17) is 4.74 Å². The van der Waals surface area contributed by atoms with Crippen molar-refractivity contribution in [3.05, 3.63) is 41.2 Å². The number of methoxy groups -OCH3 is 1. The highest BCUT2D eigenvalue weighted by Crippen LogP contribution is 2.24. The van der Waals surface area contributed by atoms with Gasteiger partial charge in [0.05, 0.1) is 24.9 Å². The minimum Gasteiger partial charge on any atom is -0.497 e. The van der Waals surface area contributed by atoms with E-state index in [9.17, 15) is 13.2 Å². The second-order valence-corrected chi connectivity index (χ2v) is 7.79. The molecule has 1 heterocycles. The lowest BCUT2D eigenvalue weighted by Crippen LogP contribution is -2.31. The minimum absolute atomic E-state index is 0.115. The molecular formula is C18H25N3O4S. The Hall–Kier alpha value is -2.19. The van der Waals surface area contributed by atoms with E-state index in [0.29, 0.717) is 30.2 Å². The van der Waals surface area contributed by atoms with Gasteiger partial charge in [0.1, 0.15) is 10.6 Å². The van der Waals surface area contributed by atoms with E-state index >= 15 is 0 Å². The lowest BCUT2D eigenvalue weighted by Gasteiger charge is -2.18. The number of sulfonamides is 1. The molecule has 8 heteroatoms. The van der Waals surface area contributed by atoms with Gasteiger partial charge in [-0.15, -0.1) is 0 Å². The SMILES string of the molecule is CCN(CC)S(=O)(=O)c1c(C)nn(C(=O)Cc2ccc(OC)cc2)c1C. The molecule has 26 heavy (non-hydrogen) atoms. The zero-order valence-electron chi connectivity index (χ0n) is 15.8. The van der Waals surface area contributed by atoms with E-state index in [0.717, 1.165) is 5.56 Å². The molecule has 0 aliphatic rings. The van der Waals surface area contributed by atoms with Gasteiger partial charge in [0.2, 0.25) is 10.0 Å². The Balaban J connectivity index is 2.35. The molecular weight excluding hydrogens is 354 g/mol. The van der Waals surface area contributed by atoms with Crippen molar-refractivity contribution in [3.63, 3.8) is 0 Å². The van der Waals surface area contributed by atoms with Crippen LogP contribution in [0.4, 0.5) is 0 Å². The number of carbonyl (C=O) groups is 1. The van der Waals surface area contributed by atoms with Gasteiger partial charge < -0.3 is 4.74 Å². The quantitative estimate of drug-likeness (QED) is 0.738. The molecule has 0 aliphatic heterocycles. The third-order valence-corrected chi connectivity index (χ3v) is 6.58. The second kappa shape index (κ2) is 8.01. The van der Waals surface area contributed by atoms with E-state index in [1.54, 1.807) is 59.1 Å². The fourth-order valence-corrected chi connectivity index (χ4v) is 4.74. The van der Waals surface area contributed by atoms with Gasteiger partial charge in [-0.05, 0) is 31.5 Å². The van der Waals surface area contributed by atoms with Crippen LogP contribution in [0.2, 0.25) is 0 Å². The molecule has 1 aromatic carbocycles. The van der Waals surface area contributed by atoms with E-state index in [1.807, 2.05) is 0 Å². The molecule has 0 bridgehead atoms. The molecule has 0 saturated carbocycles. The molecule has 0 N–H and O–H groups in total. The molecule has 0 spiro atoms. The third-order valence-electron chi connectivity index (χ3n) is 4.28. The molecule has 2 rings (SSSR count). The number of hydrogen-bond donors (Lipinski definition) is 0. The van der Waals surface area contributed by atoms with Gasteiger partial charge in [0.15, 0.2) is 0 Å². The highest BCUT2D eigenvalue weighted by atomic mass is 32.2. The van der Waals surface area contributed by atoms with Crippen LogP contribution >= 0.6 is 0 Å². The van der Waals surface area contributed by atoms with Gasteiger partial charge in [-0.25, -0.2) is 13.1 Å². The van der Waals surface area contributed by atoms with Crippen LogP contribution in [0.25, 0.3) is 0 Å². The summed E-state index contributed by atoms with van der Waals surface area (Å²) < 4.78 is 33.4. The summed E-state index contributed by atoms with van der Waals surface area (Å²) in [5.74, 6) is 0.427. The number of carbonyl (C=O) groups excluding carboxylic acids is 1. The topological polar surface area (TPSA) is 81.5 Å². The predicted molar refractivity (Wildman–Crippen MR) is 99.1 cm³/mol. The van der Waals surface area contributed by atoms with Crippen molar-refractivity contribution >= 4 is 15.9 Å². The molecule has 0 unspecified atom stereocenters. The summed E-state index contributed by atoms with van der Waals surface area (Å²) >= 11 is 0. The molecule has 142 valence electrons. The van der Waals surface area contributed by atoms with E-state index in [-0.39, 0.29) is 17.2 Å². The smallest absolute Gasteiger partial charge is 0.251 e. The Morgan fingerprint density at radius 3 is 2.23 bits per heavy atom. The third kappa shape index (κ3) is 3.81. The first-order valence-corrected chi connectivity index (χ1v) is 9.92. The van der Waals surface area contributed by atoms with Crippen LogP contribution in [0.1, 0.15) is 35.6 Å². The van der Waals surface area contributed by atoms with Crippen molar-refractivity contribution in [2.24, 2.45) is 0 Å². The van der Waals surface area contributed by atoms with Crippen molar-refractivity contribution < 1.29 is 17.9 Å². The summed E-state index contributed by atoms with van der Waals surface area (Å²) in [4.78, 5) is 12.8. The standard InChI is InChI=1S/C18H25N3O4S/c1-6-20(7-2)26(23,24)18-13(3)19-21(14(18)4)17(22)12-15-8-10-16(25-5)11-9-15/h8-11H,6-7,12H2,1-5H3. The number of benzene rings is 1. The average Bonchev–Trinajstić information content (AvgIpc) is 2.91. The average molecular weight is 379 g/mol. The monoisotopic (exact) mass is 379 g/mol. The van der Waals surface area contributed by atoms with Gasteiger partial charge in [0.25, 0.3) is 5.91 Å². The van der Waals surface area contributed by atoms with Crippen LogP contribution in [0.3, 0.4) is 0 Å². The summed E-state index contributed by atoms with van der Waals surface area (Å²) in [6.45, 7) is 7.52. The molecule has 0 fully saturated rings. The largest absolute Gasteiger partial charge is 0.497 e. The lowest BCUT2D eigenvalue weighted by atomic mass is 10.1. The second-order valence-electron chi connectivity index (χ2n) is 5.92. The molecule has 0 atom stereocenters. The molecule has 7 nitrogen and oxygen atoms in total. The Bertz CT molecular complexity index is 882. The van der Waals surface area contributed by atoms with Gasteiger partial charge in [0, 0.05) is 13.1 Å². The van der Waals surface area contributed by atoms with Gasteiger partial charge in [-0.3, -0.25) is 4.79 Å². The maximum Gasteiger partial charge on any atom is 0.251 e. The highest BCUT2D eigenvalue weighted by molar-refractivity contribution is 7.89. The number of aryl methyl sites for hydroxylation is 1. The normalized spacial score (nSPS) is 11.8. The molecule has 0 amide bonds. The first kappa shape index (κ1) is 20.1. The summed E-state index contributed by atoms with van der Waals surface area (Å²) in [5, 5.41) is 4.19. The Morgan fingerprint density at radius 2 is 1.73 bits per heavy atom. The molecule has 0 aliphatic carbocycles. The molecule has 2 aromatic rings. The van der Waals surface area contributed by atoms with Crippen LogP contribution in [-0.4, -0.2) is 48.6 Å². The summed E-state index contributed by atoms with van der Waals surface area (Å²) in [6, 6.07) is 7.16. The fourth-order valence-electron chi connectivity index (χ4n) is 2.93.